The van der Waals surface area contributed by atoms with Crippen molar-refractivity contribution in [2.75, 3.05) is 18.0 Å². The first kappa shape index (κ1) is 13.6. The van der Waals surface area contributed by atoms with Crippen LogP contribution in [0.2, 0.25) is 0 Å². The highest BCUT2D eigenvalue weighted by molar-refractivity contribution is 5.70. The predicted octanol–water partition coefficient (Wildman–Crippen LogP) is 1.65. The predicted molar refractivity (Wildman–Crippen MR) is 59.5 cm³/mol. The molecule has 1 fully saturated rings. The lowest BCUT2D eigenvalue weighted by Crippen LogP contribution is -2.51. The van der Waals surface area contributed by atoms with Gasteiger partial charge in [0.2, 0.25) is 0 Å². The maximum atomic E-state index is 12.3. The van der Waals surface area contributed by atoms with Crippen LogP contribution in [-0.2, 0) is 11.0 Å². The molecule has 1 atom stereocenters. The van der Waals surface area contributed by atoms with E-state index in [9.17, 15) is 18.0 Å². The van der Waals surface area contributed by atoms with Crippen LogP contribution in [0.3, 0.4) is 0 Å². The second kappa shape index (κ2) is 4.67. The highest BCUT2D eigenvalue weighted by atomic mass is 19.4. The number of carbonyl (C=O) groups is 1. The lowest BCUT2D eigenvalue weighted by atomic mass is 9.87. The summed E-state index contributed by atoms with van der Waals surface area (Å²) in [6, 6.07) is 2.12. The molecule has 2 rings (SSSR count). The SMILES string of the molecule is CC(C(=O)O)C1CN(c2ccc(C(F)(F)F)nn2)C1. The monoisotopic (exact) mass is 275 g/mol. The summed E-state index contributed by atoms with van der Waals surface area (Å²) in [6.07, 6.45) is -4.50. The number of aromatic nitrogens is 2. The standard InChI is InChI=1S/C11H12F3N3O2/c1-6(10(18)19)7-4-17(5-7)9-3-2-8(15-16-9)11(12,13)14/h2-3,6-7H,4-5H2,1H3,(H,18,19). The molecule has 2 heterocycles. The zero-order valence-corrected chi connectivity index (χ0v) is 10.1. The molecule has 1 saturated heterocycles. The van der Waals surface area contributed by atoms with Crippen molar-refractivity contribution in [2.45, 2.75) is 13.1 Å². The average molecular weight is 275 g/mol. The first-order valence-electron chi connectivity index (χ1n) is 5.67. The van der Waals surface area contributed by atoms with Gasteiger partial charge in [0.05, 0.1) is 5.92 Å². The number of carboxylic acid groups (broad SMARTS) is 1. The van der Waals surface area contributed by atoms with Gasteiger partial charge in [-0.1, -0.05) is 6.92 Å². The van der Waals surface area contributed by atoms with E-state index in [1.807, 2.05) is 0 Å². The van der Waals surface area contributed by atoms with Gasteiger partial charge in [-0.2, -0.15) is 13.2 Å². The van der Waals surface area contributed by atoms with Gasteiger partial charge in [0.1, 0.15) is 0 Å². The molecule has 5 nitrogen and oxygen atoms in total. The summed E-state index contributed by atoms with van der Waals surface area (Å²) in [7, 11) is 0. The highest BCUT2D eigenvalue weighted by Gasteiger charge is 2.37. The Labute approximate surface area is 107 Å². The number of carboxylic acids is 1. The van der Waals surface area contributed by atoms with Crippen molar-refractivity contribution in [2.24, 2.45) is 11.8 Å². The minimum absolute atomic E-state index is 0.0124. The lowest BCUT2D eigenvalue weighted by molar-refractivity contribution is -0.143. The van der Waals surface area contributed by atoms with Crippen molar-refractivity contribution in [1.29, 1.82) is 0 Å². The highest BCUT2D eigenvalue weighted by Crippen LogP contribution is 2.30. The van der Waals surface area contributed by atoms with E-state index in [1.54, 1.807) is 11.8 Å². The van der Waals surface area contributed by atoms with Crippen LogP contribution in [-0.4, -0.2) is 34.4 Å². The molecule has 1 aromatic rings. The Morgan fingerprint density at radius 3 is 2.47 bits per heavy atom. The van der Waals surface area contributed by atoms with Crippen LogP contribution in [0.1, 0.15) is 12.6 Å². The van der Waals surface area contributed by atoms with E-state index in [4.69, 9.17) is 5.11 Å². The van der Waals surface area contributed by atoms with Gasteiger partial charge in [-0.3, -0.25) is 4.79 Å². The van der Waals surface area contributed by atoms with E-state index < -0.39 is 23.8 Å². The maximum absolute atomic E-state index is 12.3. The average Bonchev–Trinajstić information content (AvgIpc) is 2.26. The summed E-state index contributed by atoms with van der Waals surface area (Å²) in [6.45, 7) is 2.55. The fourth-order valence-electron chi connectivity index (χ4n) is 1.86. The van der Waals surface area contributed by atoms with Gasteiger partial charge in [0, 0.05) is 19.0 Å². The third kappa shape index (κ3) is 2.77. The molecule has 0 spiro atoms. The summed E-state index contributed by atoms with van der Waals surface area (Å²) < 4.78 is 36.9. The maximum Gasteiger partial charge on any atom is 0.435 e. The quantitative estimate of drug-likeness (QED) is 0.908. The van der Waals surface area contributed by atoms with Crippen LogP contribution in [0.4, 0.5) is 19.0 Å². The molecule has 1 unspecified atom stereocenters. The summed E-state index contributed by atoms with van der Waals surface area (Å²) >= 11 is 0. The normalized spacial score (nSPS) is 18.0. The van der Waals surface area contributed by atoms with Crippen molar-refractivity contribution in [1.82, 2.24) is 10.2 Å². The molecule has 1 aromatic heterocycles. The van der Waals surface area contributed by atoms with Gasteiger partial charge < -0.3 is 10.0 Å². The number of hydrogen-bond acceptors (Lipinski definition) is 4. The van der Waals surface area contributed by atoms with Crippen LogP contribution in [0, 0.1) is 11.8 Å². The number of nitrogens with zero attached hydrogens (tertiary/aromatic N) is 3. The number of alkyl halides is 3. The zero-order valence-electron chi connectivity index (χ0n) is 10.1. The van der Waals surface area contributed by atoms with Gasteiger partial charge in [-0.25, -0.2) is 0 Å². The number of aliphatic carboxylic acids is 1. The van der Waals surface area contributed by atoms with Gasteiger partial charge >= 0.3 is 12.1 Å². The molecule has 0 bridgehead atoms. The summed E-state index contributed by atoms with van der Waals surface area (Å²) in [5, 5.41) is 15.5. The van der Waals surface area contributed by atoms with Gasteiger partial charge in [-0.05, 0) is 12.1 Å². The van der Waals surface area contributed by atoms with E-state index in [-0.39, 0.29) is 5.92 Å². The number of rotatable bonds is 3. The van der Waals surface area contributed by atoms with E-state index >= 15 is 0 Å². The Balaban J connectivity index is 1.97. The van der Waals surface area contributed by atoms with Crippen molar-refractivity contribution in [3.63, 3.8) is 0 Å². The topological polar surface area (TPSA) is 66.3 Å². The van der Waals surface area contributed by atoms with Crippen LogP contribution < -0.4 is 4.90 Å². The second-order valence-electron chi connectivity index (χ2n) is 4.57. The van der Waals surface area contributed by atoms with Crippen LogP contribution in [0.15, 0.2) is 12.1 Å². The Morgan fingerprint density at radius 1 is 1.42 bits per heavy atom. The van der Waals surface area contributed by atoms with Gasteiger partial charge in [0.15, 0.2) is 11.5 Å². The molecule has 1 N–H and O–H groups in total. The van der Waals surface area contributed by atoms with Crippen molar-refractivity contribution in [3.05, 3.63) is 17.8 Å². The largest absolute Gasteiger partial charge is 0.481 e. The van der Waals surface area contributed by atoms with E-state index in [0.29, 0.717) is 18.9 Å². The molecule has 0 amide bonds. The number of hydrogen-bond donors (Lipinski definition) is 1. The number of halogens is 3. The third-order valence-electron chi connectivity index (χ3n) is 3.27. The minimum Gasteiger partial charge on any atom is -0.481 e. The third-order valence-corrected chi connectivity index (χ3v) is 3.27. The van der Waals surface area contributed by atoms with Crippen LogP contribution in [0.25, 0.3) is 0 Å². The van der Waals surface area contributed by atoms with Gasteiger partial charge in [-0.15, -0.1) is 10.2 Å². The molecule has 104 valence electrons. The number of anilines is 1. The fraction of sp³-hybridized carbons (Fsp3) is 0.545. The zero-order chi connectivity index (χ0) is 14.2. The molecule has 0 radical (unpaired) electrons. The molecule has 1 aliphatic rings. The van der Waals surface area contributed by atoms with E-state index in [0.717, 1.165) is 6.07 Å². The van der Waals surface area contributed by atoms with Gasteiger partial charge in [0.25, 0.3) is 0 Å². The van der Waals surface area contributed by atoms with E-state index in [1.165, 1.54) is 6.07 Å². The van der Waals surface area contributed by atoms with Crippen molar-refractivity contribution >= 4 is 11.8 Å². The first-order chi connectivity index (χ1) is 8.79. The Hall–Kier alpha value is -1.86. The molecule has 0 saturated carbocycles. The summed E-state index contributed by atoms with van der Waals surface area (Å²) in [5.41, 5.74) is -1.03. The fourth-order valence-corrected chi connectivity index (χ4v) is 1.86. The van der Waals surface area contributed by atoms with Crippen molar-refractivity contribution in [3.8, 4) is 0 Å². The van der Waals surface area contributed by atoms with Crippen molar-refractivity contribution < 1.29 is 23.1 Å². The Bertz CT molecular complexity index is 469. The molecule has 19 heavy (non-hydrogen) atoms. The molecule has 0 aromatic carbocycles. The summed E-state index contributed by atoms with van der Waals surface area (Å²) in [4.78, 5) is 12.5. The first-order valence-corrected chi connectivity index (χ1v) is 5.67. The van der Waals surface area contributed by atoms with E-state index in [2.05, 4.69) is 10.2 Å². The van der Waals surface area contributed by atoms with Crippen LogP contribution >= 0.6 is 0 Å². The smallest absolute Gasteiger partial charge is 0.435 e. The minimum atomic E-state index is -4.50. The molecule has 8 heteroatoms. The molecule has 0 aliphatic carbocycles. The Morgan fingerprint density at radius 2 is 2.05 bits per heavy atom. The molecular weight excluding hydrogens is 263 g/mol. The second-order valence-corrected chi connectivity index (χ2v) is 4.57. The summed E-state index contributed by atoms with van der Waals surface area (Å²) in [5.74, 6) is -1.02. The molecule has 1 aliphatic heterocycles. The van der Waals surface area contributed by atoms with Crippen LogP contribution in [0.5, 0.6) is 0 Å². The lowest BCUT2D eigenvalue weighted by Gasteiger charge is -2.41. The Kier molecular flexibility index (Phi) is 3.34. The molecular formula is C11H12F3N3O2.